The average Bonchev–Trinajstić information content (AvgIpc) is 2.38. The molecule has 2 N–H and O–H groups in total. The number of halogens is 1. The highest BCUT2D eigenvalue weighted by Gasteiger charge is 2.26. The van der Waals surface area contributed by atoms with Crippen LogP contribution >= 0.6 is 15.9 Å². The predicted octanol–water partition coefficient (Wildman–Crippen LogP) is 3.12. The molecule has 2 rings (SSSR count). The van der Waals surface area contributed by atoms with Crippen LogP contribution < -0.4 is 10.6 Å². The number of piperidine rings is 1. The minimum atomic E-state index is 0.276. The molecule has 0 spiro atoms. The molecule has 1 aromatic rings. The first kappa shape index (κ1) is 13.4. The third-order valence-electron chi connectivity index (χ3n) is 3.49. The molecule has 0 bridgehead atoms. The van der Waals surface area contributed by atoms with Crippen molar-refractivity contribution in [3.8, 4) is 6.07 Å². The Kier molecular flexibility index (Phi) is 4.26. The fourth-order valence-corrected chi connectivity index (χ4v) is 2.70. The summed E-state index contributed by atoms with van der Waals surface area (Å²) >= 11 is 3.39. The van der Waals surface area contributed by atoms with Gasteiger partial charge in [-0.15, -0.1) is 0 Å². The van der Waals surface area contributed by atoms with Crippen LogP contribution in [0.2, 0.25) is 0 Å². The van der Waals surface area contributed by atoms with Crippen LogP contribution in [0.5, 0.6) is 0 Å². The lowest BCUT2D eigenvalue weighted by atomic mass is 9.82. The van der Waals surface area contributed by atoms with Gasteiger partial charge in [0.1, 0.15) is 6.07 Å². The van der Waals surface area contributed by atoms with Crippen LogP contribution in [-0.2, 0) is 0 Å². The highest BCUT2D eigenvalue weighted by atomic mass is 79.9. The second kappa shape index (κ2) is 5.73. The Balaban J connectivity index is 2.04. The van der Waals surface area contributed by atoms with Gasteiger partial charge in [-0.1, -0.05) is 22.9 Å². The molecular weight excluding hydrogens is 290 g/mol. The first-order valence-electron chi connectivity index (χ1n) is 6.27. The molecule has 0 aromatic heterocycles. The van der Waals surface area contributed by atoms with Crippen LogP contribution in [0.25, 0.3) is 0 Å². The average molecular weight is 308 g/mol. The molecule has 1 unspecified atom stereocenters. The monoisotopic (exact) mass is 307 g/mol. The molecule has 3 nitrogen and oxygen atoms in total. The Hall–Kier alpha value is -1.05. The van der Waals surface area contributed by atoms with E-state index in [2.05, 4.69) is 39.6 Å². The summed E-state index contributed by atoms with van der Waals surface area (Å²) in [6.45, 7) is 5.35. The Morgan fingerprint density at radius 3 is 3.06 bits per heavy atom. The maximum Gasteiger partial charge on any atom is 0.101 e. The fraction of sp³-hybridized carbons (Fsp3) is 0.500. The van der Waals surface area contributed by atoms with E-state index in [-0.39, 0.29) is 5.41 Å². The molecule has 0 saturated carbocycles. The number of hydrogen-bond donors (Lipinski definition) is 2. The fourth-order valence-electron chi connectivity index (χ4n) is 2.34. The molecule has 18 heavy (non-hydrogen) atoms. The van der Waals surface area contributed by atoms with Crippen molar-refractivity contribution in [1.29, 1.82) is 5.26 Å². The number of benzene rings is 1. The van der Waals surface area contributed by atoms with E-state index in [0.717, 1.165) is 29.8 Å². The van der Waals surface area contributed by atoms with Crippen LogP contribution in [0.3, 0.4) is 0 Å². The zero-order chi connectivity index (χ0) is 13.0. The molecule has 1 heterocycles. The summed E-state index contributed by atoms with van der Waals surface area (Å²) < 4.78 is 0.940. The van der Waals surface area contributed by atoms with Crippen molar-refractivity contribution in [2.75, 3.05) is 25.0 Å². The third kappa shape index (κ3) is 3.24. The zero-order valence-electron chi connectivity index (χ0n) is 10.6. The summed E-state index contributed by atoms with van der Waals surface area (Å²) in [6.07, 6.45) is 2.45. The third-order valence-corrected chi connectivity index (χ3v) is 3.99. The van der Waals surface area contributed by atoms with E-state index in [1.165, 1.54) is 12.8 Å². The van der Waals surface area contributed by atoms with Crippen molar-refractivity contribution in [2.24, 2.45) is 5.41 Å². The second-order valence-electron chi connectivity index (χ2n) is 5.25. The van der Waals surface area contributed by atoms with Crippen LogP contribution in [0, 0.1) is 16.7 Å². The van der Waals surface area contributed by atoms with E-state index in [0.29, 0.717) is 5.56 Å². The van der Waals surface area contributed by atoms with E-state index in [9.17, 15) is 0 Å². The Morgan fingerprint density at radius 1 is 1.56 bits per heavy atom. The second-order valence-corrected chi connectivity index (χ2v) is 6.16. The van der Waals surface area contributed by atoms with Crippen molar-refractivity contribution in [1.82, 2.24) is 5.32 Å². The number of rotatable bonds is 3. The van der Waals surface area contributed by atoms with Crippen molar-refractivity contribution < 1.29 is 0 Å². The van der Waals surface area contributed by atoms with Crippen molar-refractivity contribution in [2.45, 2.75) is 19.8 Å². The Morgan fingerprint density at radius 2 is 2.39 bits per heavy atom. The van der Waals surface area contributed by atoms with Crippen LogP contribution in [0.4, 0.5) is 5.69 Å². The van der Waals surface area contributed by atoms with Crippen LogP contribution in [0.1, 0.15) is 25.3 Å². The molecular formula is C14H18BrN3. The molecule has 0 amide bonds. The van der Waals surface area contributed by atoms with Gasteiger partial charge in [0.2, 0.25) is 0 Å². The molecule has 1 fully saturated rings. The van der Waals surface area contributed by atoms with Crippen LogP contribution in [-0.4, -0.2) is 19.6 Å². The van der Waals surface area contributed by atoms with Gasteiger partial charge in [0.15, 0.2) is 0 Å². The lowest BCUT2D eigenvalue weighted by molar-refractivity contribution is 0.253. The standard InChI is InChI=1S/C14H18BrN3/c1-14(5-2-6-17-9-14)10-18-13-4-3-12(15)7-11(13)8-16/h3-4,7,17-18H,2,5-6,9-10H2,1H3. The van der Waals surface area contributed by atoms with Crippen molar-refractivity contribution >= 4 is 21.6 Å². The smallest absolute Gasteiger partial charge is 0.101 e. The summed E-state index contributed by atoms with van der Waals surface area (Å²) in [6, 6.07) is 8.00. The van der Waals surface area contributed by atoms with E-state index < -0.39 is 0 Å². The molecule has 96 valence electrons. The van der Waals surface area contributed by atoms with E-state index in [1.54, 1.807) is 0 Å². The minimum Gasteiger partial charge on any atom is -0.383 e. The van der Waals surface area contributed by atoms with Gasteiger partial charge in [-0.05, 0) is 43.0 Å². The maximum absolute atomic E-state index is 9.12. The first-order valence-corrected chi connectivity index (χ1v) is 7.06. The number of nitrogens with one attached hydrogen (secondary N) is 2. The molecule has 1 aliphatic rings. The lowest BCUT2D eigenvalue weighted by Gasteiger charge is -2.34. The molecule has 1 saturated heterocycles. The normalized spacial score (nSPS) is 23.4. The van der Waals surface area contributed by atoms with Crippen molar-refractivity contribution in [3.63, 3.8) is 0 Å². The van der Waals surface area contributed by atoms with E-state index in [1.807, 2.05) is 18.2 Å². The first-order chi connectivity index (χ1) is 8.63. The van der Waals surface area contributed by atoms with Gasteiger partial charge in [-0.2, -0.15) is 5.26 Å². The Labute approximate surface area is 117 Å². The quantitative estimate of drug-likeness (QED) is 0.902. The van der Waals surface area contributed by atoms with E-state index in [4.69, 9.17) is 5.26 Å². The number of nitrogens with zero attached hydrogens (tertiary/aromatic N) is 1. The molecule has 4 heteroatoms. The summed E-state index contributed by atoms with van der Waals surface area (Å²) in [7, 11) is 0. The van der Waals surface area contributed by atoms with Gasteiger partial charge in [0, 0.05) is 17.6 Å². The summed E-state index contributed by atoms with van der Waals surface area (Å²) in [5.74, 6) is 0. The van der Waals surface area contributed by atoms with Crippen molar-refractivity contribution in [3.05, 3.63) is 28.2 Å². The van der Waals surface area contributed by atoms with Gasteiger partial charge in [0.05, 0.1) is 11.3 Å². The SMILES string of the molecule is CC1(CNc2ccc(Br)cc2C#N)CCCNC1. The largest absolute Gasteiger partial charge is 0.383 e. The molecule has 0 radical (unpaired) electrons. The highest BCUT2D eigenvalue weighted by molar-refractivity contribution is 9.10. The molecule has 1 aliphatic heterocycles. The van der Waals surface area contributed by atoms with Gasteiger partial charge < -0.3 is 10.6 Å². The van der Waals surface area contributed by atoms with Gasteiger partial charge >= 0.3 is 0 Å². The van der Waals surface area contributed by atoms with Gasteiger partial charge in [0.25, 0.3) is 0 Å². The molecule has 1 aromatic carbocycles. The number of nitriles is 1. The highest BCUT2D eigenvalue weighted by Crippen LogP contribution is 2.27. The number of anilines is 1. The lowest BCUT2D eigenvalue weighted by Crippen LogP contribution is -2.42. The summed E-state index contributed by atoms with van der Waals surface area (Å²) in [5, 5.41) is 16.0. The topological polar surface area (TPSA) is 47.9 Å². The predicted molar refractivity (Wildman–Crippen MR) is 77.6 cm³/mol. The Bertz CT molecular complexity index is 459. The summed E-state index contributed by atoms with van der Waals surface area (Å²) in [4.78, 5) is 0. The molecule has 1 atom stereocenters. The zero-order valence-corrected chi connectivity index (χ0v) is 12.2. The number of hydrogen-bond acceptors (Lipinski definition) is 3. The van der Waals surface area contributed by atoms with Crippen LogP contribution in [0.15, 0.2) is 22.7 Å². The maximum atomic E-state index is 9.12. The molecule has 0 aliphatic carbocycles. The van der Waals surface area contributed by atoms with Gasteiger partial charge in [-0.3, -0.25) is 0 Å². The summed E-state index contributed by atoms with van der Waals surface area (Å²) in [5.41, 5.74) is 1.89. The van der Waals surface area contributed by atoms with E-state index >= 15 is 0 Å². The minimum absolute atomic E-state index is 0.276. The van der Waals surface area contributed by atoms with Gasteiger partial charge in [-0.25, -0.2) is 0 Å².